The fraction of sp³-hybridized carbons (Fsp3) is 0.250. The number of rotatable bonds is 6. The molecule has 5 heteroatoms. The first-order valence-electron chi connectivity index (χ1n) is 6.72. The summed E-state index contributed by atoms with van der Waals surface area (Å²) in [6, 6.07) is 13.8. The Morgan fingerprint density at radius 2 is 1.76 bits per heavy atom. The summed E-state index contributed by atoms with van der Waals surface area (Å²) in [5.74, 6) is -0.278. The molecule has 2 aromatic rings. The van der Waals surface area contributed by atoms with E-state index in [0.717, 1.165) is 11.1 Å². The van der Waals surface area contributed by atoms with Crippen molar-refractivity contribution in [2.45, 2.75) is 19.1 Å². The average Bonchev–Trinajstić information content (AvgIpc) is 2.43. The molecule has 0 spiro atoms. The summed E-state index contributed by atoms with van der Waals surface area (Å²) in [4.78, 5) is 0. The molecule has 112 valence electrons. The van der Waals surface area contributed by atoms with Crippen LogP contribution in [0.15, 0.2) is 48.5 Å². The highest BCUT2D eigenvalue weighted by Crippen LogP contribution is 2.10. The first-order valence-corrected chi connectivity index (χ1v) is 8.38. The van der Waals surface area contributed by atoms with Crippen LogP contribution < -0.4 is 4.72 Å². The molecule has 3 nitrogen and oxygen atoms in total. The van der Waals surface area contributed by atoms with Gasteiger partial charge in [0.1, 0.15) is 5.82 Å². The number of benzene rings is 2. The van der Waals surface area contributed by atoms with Crippen LogP contribution in [0.1, 0.15) is 16.7 Å². The van der Waals surface area contributed by atoms with Crippen molar-refractivity contribution in [1.29, 1.82) is 0 Å². The third-order valence-electron chi connectivity index (χ3n) is 3.16. The van der Waals surface area contributed by atoms with Crippen molar-refractivity contribution in [2.24, 2.45) is 0 Å². The van der Waals surface area contributed by atoms with Gasteiger partial charge in [0.25, 0.3) is 0 Å². The smallest absolute Gasteiger partial charge is 0.215 e. The van der Waals surface area contributed by atoms with Crippen LogP contribution in [-0.4, -0.2) is 15.0 Å². The van der Waals surface area contributed by atoms with Crippen molar-refractivity contribution in [3.8, 4) is 0 Å². The average molecular weight is 307 g/mol. The van der Waals surface area contributed by atoms with Crippen LogP contribution in [0.3, 0.4) is 0 Å². The van der Waals surface area contributed by atoms with Gasteiger partial charge in [0, 0.05) is 6.54 Å². The molecule has 0 aliphatic carbocycles. The Hall–Kier alpha value is -1.72. The van der Waals surface area contributed by atoms with Crippen molar-refractivity contribution in [3.05, 3.63) is 71.0 Å². The molecule has 0 fully saturated rings. The van der Waals surface area contributed by atoms with Gasteiger partial charge in [-0.2, -0.15) is 0 Å². The van der Waals surface area contributed by atoms with Gasteiger partial charge in [-0.1, -0.05) is 42.5 Å². The van der Waals surface area contributed by atoms with E-state index in [-0.39, 0.29) is 11.6 Å². The standard InChI is InChI=1S/C16H18FNO2S/c1-13-11-14(7-8-16(13)17)9-10-18-21(19,20)12-15-5-3-2-4-6-15/h2-8,11,18H,9-10,12H2,1H3. The zero-order valence-corrected chi connectivity index (χ0v) is 12.7. The number of halogens is 1. The second-order valence-corrected chi connectivity index (χ2v) is 6.78. The van der Waals surface area contributed by atoms with Gasteiger partial charge in [-0.05, 0) is 36.1 Å². The molecule has 0 unspecified atom stereocenters. The Labute approximate surface area is 124 Å². The molecule has 0 amide bonds. The number of nitrogens with one attached hydrogen (secondary N) is 1. The number of sulfonamides is 1. The van der Waals surface area contributed by atoms with E-state index in [1.165, 1.54) is 6.07 Å². The number of hydrogen-bond donors (Lipinski definition) is 1. The molecule has 21 heavy (non-hydrogen) atoms. The first kappa shape index (κ1) is 15.7. The maximum atomic E-state index is 13.1. The Bertz CT molecular complexity index is 699. The van der Waals surface area contributed by atoms with Gasteiger partial charge in [-0.25, -0.2) is 17.5 Å². The van der Waals surface area contributed by atoms with Gasteiger partial charge in [0.15, 0.2) is 0 Å². The minimum Gasteiger partial charge on any atom is -0.215 e. The van der Waals surface area contributed by atoms with Gasteiger partial charge in [-0.3, -0.25) is 0 Å². The Balaban J connectivity index is 1.88. The summed E-state index contributed by atoms with van der Waals surface area (Å²) >= 11 is 0. The van der Waals surface area contributed by atoms with Crippen molar-refractivity contribution in [3.63, 3.8) is 0 Å². The lowest BCUT2D eigenvalue weighted by molar-refractivity contribution is 0.580. The minimum atomic E-state index is -3.35. The van der Waals surface area contributed by atoms with E-state index in [1.54, 1.807) is 31.2 Å². The van der Waals surface area contributed by atoms with Crippen molar-refractivity contribution in [1.82, 2.24) is 4.72 Å². The molecule has 0 saturated heterocycles. The van der Waals surface area contributed by atoms with E-state index in [1.807, 2.05) is 18.2 Å². The van der Waals surface area contributed by atoms with E-state index in [4.69, 9.17) is 0 Å². The van der Waals surface area contributed by atoms with Gasteiger partial charge in [0.2, 0.25) is 10.0 Å². The summed E-state index contributed by atoms with van der Waals surface area (Å²) in [6.45, 7) is 2.00. The number of aryl methyl sites for hydroxylation is 1. The zero-order valence-electron chi connectivity index (χ0n) is 11.8. The molecule has 0 saturated carbocycles. The maximum Gasteiger partial charge on any atom is 0.215 e. The molecular weight excluding hydrogens is 289 g/mol. The predicted molar refractivity (Wildman–Crippen MR) is 81.9 cm³/mol. The lowest BCUT2D eigenvalue weighted by atomic mass is 10.1. The molecule has 0 aliphatic rings. The summed E-state index contributed by atoms with van der Waals surface area (Å²) < 4.78 is 39.6. The first-order chi connectivity index (χ1) is 9.96. The van der Waals surface area contributed by atoms with Gasteiger partial charge >= 0.3 is 0 Å². The Kier molecular flexibility index (Phi) is 5.09. The van der Waals surface area contributed by atoms with E-state index in [2.05, 4.69) is 4.72 Å². The van der Waals surface area contributed by atoms with Gasteiger partial charge < -0.3 is 0 Å². The van der Waals surface area contributed by atoms with Gasteiger partial charge in [0.05, 0.1) is 5.75 Å². The highest BCUT2D eigenvalue weighted by molar-refractivity contribution is 7.88. The minimum absolute atomic E-state index is 0.0315. The molecule has 0 aromatic heterocycles. The van der Waals surface area contributed by atoms with Crippen molar-refractivity contribution in [2.75, 3.05) is 6.54 Å². The quantitative estimate of drug-likeness (QED) is 0.892. The lowest BCUT2D eigenvalue weighted by Gasteiger charge is -2.07. The van der Waals surface area contributed by atoms with E-state index >= 15 is 0 Å². The molecule has 2 rings (SSSR count). The molecule has 0 bridgehead atoms. The van der Waals surface area contributed by atoms with Crippen molar-refractivity contribution >= 4 is 10.0 Å². The Morgan fingerprint density at radius 1 is 1.05 bits per heavy atom. The molecule has 2 aromatic carbocycles. The second kappa shape index (κ2) is 6.83. The fourth-order valence-electron chi connectivity index (χ4n) is 2.06. The van der Waals surface area contributed by atoms with Crippen LogP contribution in [0, 0.1) is 12.7 Å². The highest BCUT2D eigenvalue weighted by Gasteiger charge is 2.10. The van der Waals surface area contributed by atoms with Crippen molar-refractivity contribution < 1.29 is 12.8 Å². The maximum absolute atomic E-state index is 13.1. The second-order valence-electron chi connectivity index (χ2n) is 4.97. The lowest BCUT2D eigenvalue weighted by Crippen LogP contribution is -2.27. The summed E-state index contributed by atoms with van der Waals surface area (Å²) in [5.41, 5.74) is 2.23. The zero-order chi connectivity index (χ0) is 15.3. The third-order valence-corrected chi connectivity index (χ3v) is 4.51. The molecule has 1 N–H and O–H groups in total. The largest absolute Gasteiger partial charge is 0.215 e. The van der Waals surface area contributed by atoms with E-state index in [9.17, 15) is 12.8 Å². The topological polar surface area (TPSA) is 46.2 Å². The van der Waals surface area contributed by atoms with Crippen LogP contribution in [-0.2, 0) is 22.2 Å². The van der Waals surface area contributed by atoms with E-state index < -0.39 is 10.0 Å². The van der Waals surface area contributed by atoms with Gasteiger partial charge in [-0.15, -0.1) is 0 Å². The monoisotopic (exact) mass is 307 g/mol. The predicted octanol–water partition coefficient (Wildman–Crippen LogP) is 2.80. The molecule has 0 atom stereocenters. The molecular formula is C16H18FNO2S. The molecule has 0 aliphatic heterocycles. The van der Waals surface area contributed by atoms with Crippen LogP contribution in [0.2, 0.25) is 0 Å². The Morgan fingerprint density at radius 3 is 2.43 bits per heavy atom. The van der Waals surface area contributed by atoms with Crippen LogP contribution in [0.4, 0.5) is 4.39 Å². The molecule has 0 radical (unpaired) electrons. The number of hydrogen-bond acceptors (Lipinski definition) is 2. The van der Waals surface area contributed by atoms with Crippen LogP contribution >= 0.6 is 0 Å². The normalized spacial score (nSPS) is 11.5. The third kappa shape index (κ3) is 4.95. The van der Waals surface area contributed by atoms with Crippen LogP contribution in [0.25, 0.3) is 0 Å². The van der Waals surface area contributed by atoms with Crippen LogP contribution in [0.5, 0.6) is 0 Å². The SMILES string of the molecule is Cc1cc(CCNS(=O)(=O)Cc2ccccc2)ccc1F. The fourth-order valence-corrected chi connectivity index (χ4v) is 3.20. The summed E-state index contributed by atoms with van der Waals surface area (Å²) in [5, 5.41) is 0. The van der Waals surface area contributed by atoms with E-state index in [0.29, 0.717) is 18.5 Å². The highest BCUT2D eigenvalue weighted by atomic mass is 32.2. The summed E-state index contributed by atoms with van der Waals surface area (Å²) in [7, 11) is -3.35. The summed E-state index contributed by atoms with van der Waals surface area (Å²) in [6.07, 6.45) is 0.537. The molecule has 0 heterocycles.